The van der Waals surface area contributed by atoms with Crippen molar-refractivity contribution in [2.75, 3.05) is 23.7 Å². The summed E-state index contributed by atoms with van der Waals surface area (Å²) >= 11 is 0. The molecular weight excluding hydrogens is 374 g/mol. The molecule has 3 aromatic rings. The fraction of sp³-hybridized carbons (Fsp3) is 0.222. The first-order valence-corrected chi connectivity index (χ1v) is 8.99. The Morgan fingerprint density at radius 1 is 1.28 bits per heavy atom. The fourth-order valence-corrected chi connectivity index (χ4v) is 3.10. The maximum atomic E-state index is 11.8. The van der Waals surface area contributed by atoms with E-state index in [-0.39, 0.29) is 17.4 Å². The van der Waals surface area contributed by atoms with Gasteiger partial charge in [0.25, 0.3) is 5.91 Å². The normalized spacial score (nSPS) is 15.9. The second-order valence-corrected chi connectivity index (χ2v) is 6.54. The number of rotatable bonds is 7. The summed E-state index contributed by atoms with van der Waals surface area (Å²) in [6.45, 7) is 1.26. The molecule has 0 saturated carbocycles. The van der Waals surface area contributed by atoms with Gasteiger partial charge >= 0.3 is 0 Å². The second kappa shape index (κ2) is 7.92. The molecule has 11 nitrogen and oxygen atoms in total. The molecule has 1 fully saturated rings. The molecule has 4 rings (SSSR count). The second-order valence-electron chi connectivity index (χ2n) is 6.54. The molecule has 148 valence electrons. The molecule has 11 heteroatoms. The van der Waals surface area contributed by atoms with Crippen LogP contribution in [-0.4, -0.2) is 61.3 Å². The van der Waals surface area contributed by atoms with Gasteiger partial charge in [0.1, 0.15) is 11.4 Å². The van der Waals surface area contributed by atoms with E-state index in [1.54, 1.807) is 17.3 Å². The van der Waals surface area contributed by atoms with Crippen LogP contribution in [0.15, 0.2) is 42.9 Å². The Balaban J connectivity index is 1.58. The molecule has 1 aliphatic rings. The van der Waals surface area contributed by atoms with Gasteiger partial charge in [-0.2, -0.15) is 20.0 Å². The molecule has 1 atom stereocenters. The Kier molecular flexibility index (Phi) is 5.01. The smallest absolute Gasteiger partial charge is 0.254 e. The van der Waals surface area contributed by atoms with Gasteiger partial charge in [0.15, 0.2) is 0 Å². The summed E-state index contributed by atoms with van der Waals surface area (Å²) in [6.07, 6.45) is 6.17. The average molecular weight is 393 g/mol. The molecule has 1 aliphatic heterocycles. The van der Waals surface area contributed by atoms with Gasteiger partial charge in [0.05, 0.1) is 18.1 Å². The minimum absolute atomic E-state index is 0.0432. The Bertz CT molecular complexity index is 1020. The minimum Gasteiger partial charge on any atom is -0.365 e. The zero-order valence-electron chi connectivity index (χ0n) is 15.4. The summed E-state index contributed by atoms with van der Waals surface area (Å²) in [6, 6.07) is 7.37. The highest BCUT2D eigenvalue weighted by Crippen LogP contribution is 2.22. The Morgan fingerprint density at radius 2 is 2.10 bits per heavy atom. The number of hydrogen-bond donors (Lipinski definition) is 3. The lowest BCUT2D eigenvalue weighted by atomic mass is 10.2. The third-order valence-corrected chi connectivity index (χ3v) is 4.51. The lowest BCUT2D eigenvalue weighted by Gasteiger charge is -2.15. The monoisotopic (exact) mass is 393 g/mol. The Labute approximate surface area is 165 Å². The van der Waals surface area contributed by atoms with Gasteiger partial charge in [-0.25, -0.2) is 4.98 Å². The van der Waals surface area contributed by atoms with Crippen LogP contribution in [0, 0.1) is 0 Å². The molecule has 0 spiro atoms. The predicted octanol–water partition coefficient (Wildman–Crippen LogP) is 0.542. The fourth-order valence-electron chi connectivity index (χ4n) is 3.10. The number of nitrogens with two attached hydrogens (primary N) is 1. The predicted molar refractivity (Wildman–Crippen MR) is 105 cm³/mol. The van der Waals surface area contributed by atoms with E-state index in [9.17, 15) is 9.59 Å². The molecule has 2 aromatic heterocycles. The van der Waals surface area contributed by atoms with Gasteiger partial charge < -0.3 is 21.3 Å². The molecule has 0 bridgehead atoms. The number of primary amides is 1. The van der Waals surface area contributed by atoms with Gasteiger partial charge in [0.2, 0.25) is 12.4 Å². The standard InChI is InChI=1S/C18H19N9O2/c19-16(29)15-9-20-18(24-13-4-7-26(10-13)11-28)25-17(15)23-12-2-1-3-14(8-12)27-21-5-6-22-27/h1-3,5-6,8-9,11,13H,4,7,10H2,(H2,19,29)(H2,20,23,24,25)/t13-/m1/s1. The van der Waals surface area contributed by atoms with Crippen molar-refractivity contribution < 1.29 is 9.59 Å². The first-order valence-electron chi connectivity index (χ1n) is 8.99. The van der Waals surface area contributed by atoms with Crippen molar-refractivity contribution in [3.05, 3.63) is 48.4 Å². The maximum Gasteiger partial charge on any atom is 0.254 e. The number of nitrogens with one attached hydrogen (secondary N) is 2. The van der Waals surface area contributed by atoms with Crippen LogP contribution in [0.3, 0.4) is 0 Å². The van der Waals surface area contributed by atoms with E-state index in [1.807, 2.05) is 24.3 Å². The van der Waals surface area contributed by atoms with Crippen LogP contribution in [0.2, 0.25) is 0 Å². The van der Waals surface area contributed by atoms with Crippen molar-refractivity contribution in [1.29, 1.82) is 0 Å². The largest absolute Gasteiger partial charge is 0.365 e. The lowest BCUT2D eigenvalue weighted by molar-refractivity contribution is -0.117. The number of carbonyl (C=O) groups is 2. The van der Waals surface area contributed by atoms with Crippen molar-refractivity contribution in [3.8, 4) is 5.69 Å². The van der Waals surface area contributed by atoms with Crippen LogP contribution < -0.4 is 16.4 Å². The third-order valence-electron chi connectivity index (χ3n) is 4.51. The maximum absolute atomic E-state index is 11.8. The van der Waals surface area contributed by atoms with Crippen LogP contribution in [0.4, 0.5) is 17.5 Å². The average Bonchev–Trinajstić information content (AvgIpc) is 3.40. The van der Waals surface area contributed by atoms with Crippen LogP contribution in [0.1, 0.15) is 16.8 Å². The first kappa shape index (κ1) is 18.3. The van der Waals surface area contributed by atoms with Crippen molar-refractivity contribution in [2.45, 2.75) is 12.5 Å². The van der Waals surface area contributed by atoms with Gasteiger partial charge in [-0.15, -0.1) is 0 Å². The number of likely N-dealkylation sites (tertiary alicyclic amines) is 1. The van der Waals surface area contributed by atoms with Crippen LogP contribution in [0.5, 0.6) is 0 Å². The number of nitrogens with zero attached hydrogens (tertiary/aromatic N) is 6. The van der Waals surface area contributed by atoms with E-state index in [0.29, 0.717) is 24.7 Å². The summed E-state index contributed by atoms with van der Waals surface area (Å²) < 4.78 is 0. The molecule has 3 heterocycles. The molecule has 0 aliphatic carbocycles. The van der Waals surface area contributed by atoms with Crippen LogP contribution >= 0.6 is 0 Å². The molecule has 29 heavy (non-hydrogen) atoms. The molecule has 1 aromatic carbocycles. The highest BCUT2D eigenvalue weighted by atomic mass is 16.1. The number of anilines is 3. The van der Waals surface area contributed by atoms with E-state index >= 15 is 0 Å². The summed E-state index contributed by atoms with van der Waals surface area (Å²) in [5.41, 5.74) is 7.07. The number of hydrogen-bond acceptors (Lipinski definition) is 8. The van der Waals surface area contributed by atoms with E-state index in [1.165, 1.54) is 11.0 Å². The summed E-state index contributed by atoms with van der Waals surface area (Å²) in [4.78, 5) is 34.5. The topological polar surface area (TPSA) is 144 Å². The highest BCUT2D eigenvalue weighted by Gasteiger charge is 2.22. The lowest BCUT2D eigenvalue weighted by Crippen LogP contribution is -2.26. The molecule has 0 radical (unpaired) electrons. The van der Waals surface area contributed by atoms with Gasteiger partial charge in [0, 0.05) is 31.0 Å². The summed E-state index contributed by atoms with van der Waals surface area (Å²) in [7, 11) is 0. The molecule has 2 amide bonds. The number of aromatic nitrogens is 5. The van der Waals surface area contributed by atoms with E-state index in [2.05, 4.69) is 30.8 Å². The van der Waals surface area contributed by atoms with Crippen molar-refractivity contribution in [1.82, 2.24) is 29.9 Å². The van der Waals surface area contributed by atoms with Crippen LogP contribution in [0.25, 0.3) is 5.69 Å². The van der Waals surface area contributed by atoms with Crippen molar-refractivity contribution in [2.24, 2.45) is 5.73 Å². The first-order chi connectivity index (χ1) is 14.1. The third kappa shape index (κ3) is 4.13. The van der Waals surface area contributed by atoms with Crippen molar-refractivity contribution in [3.63, 3.8) is 0 Å². The SMILES string of the molecule is NC(=O)c1cnc(N[C@@H]2CCN(C=O)C2)nc1Nc1cccc(-n2nccn2)c1. The number of benzene rings is 1. The summed E-state index contributed by atoms with van der Waals surface area (Å²) in [5, 5.41) is 14.5. The zero-order valence-corrected chi connectivity index (χ0v) is 15.4. The molecule has 4 N–H and O–H groups in total. The zero-order chi connectivity index (χ0) is 20.2. The number of carbonyl (C=O) groups excluding carboxylic acids is 2. The van der Waals surface area contributed by atoms with E-state index in [4.69, 9.17) is 5.73 Å². The Morgan fingerprint density at radius 3 is 2.83 bits per heavy atom. The Hall–Kier alpha value is -4.02. The molecule has 1 saturated heterocycles. The highest BCUT2D eigenvalue weighted by molar-refractivity contribution is 5.98. The summed E-state index contributed by atoms with van der Waals surface area (Å²) in [5.74, 6) is -0.0112. The molecular formula is C18H19N9O2. The van der Waals surface area contributed by atoms with Gasteiger partial charge in [-0.3, -0.25) is 9.59 Å². The minimum atomic E-state index is -0.642. The van der Waals surface area contributed by atoms with Crippen molar-refractivity contribution >= 4 is 29.8 Å². The van der Waals surface area contributed by atoms with Crippen LogP contribution in [-0.2, 0) is 4.79 Å². The number of amides is 2. The van der Waals surface area contributed by atoms with E-state index < -0.39 is 5.91 Å². The van der Waals surface area contributed by atoms with Gasteiger partial charge in [-0.05, 0) is 24.6 Å². The quantitative estimate of drug-likeness (QED) is 0.494. The van der Waals surface area contributed by atoms with E-state index in [0.717, 1.165) is 18.5 Å². The molecule has 0 unspecified atom stereocenters. The van der Waals surface area contributed by atoms with Gasteiger partial charge in [-0.1, -0.05) is 6.07 Å².